The lowest BCUT2D eigenvalue weighted by molar-refractivity contribution is -0.120. The highest BCUT2D eigenvalue weighted by molar-refractivity contribution is 5.61. The van der Waals surface area contributed by atoms with Gasteiger partial charge >= 0.3 is 0 Å². The predicted octanol–water partition coefficient (Wildman–Crippen LogP) is 3.59. The van der Waals surface area contributed by atoms with Crippen molar-refractivity contribution in [3.8, 4) is 5.75 Å². The van der Waals surface area contributed by atoms with Gasteiger partial charge in [-0.3, -0.25) is 4.79 Å². The Morgan fingerprint density at radius 3 is 2.47 bits per heavy atom. The molecule has 0 aliphatic heterocycles. The van der Waals surface area contributed by atoms with E-state index < -0.39 is 0 Å². The van der Waals surface area contributed by atoms with E-state index in [4.69, 9.17) is 4.74 Å². The number of benzene rings is 1. The van der Waals surface area contributed by atoms with Crippen LogP contribution in [0.3, 0.4) is 0 Å². The highest BCUT2D eigenvalue weighted by Gasteiger charge is 1.99. The topological polar surface area (TPSA) is 26.3 Å². The molecule has 0 fully saturated rings. The monoisotopic (exact) mass is 206 g/mol. The average Bonchev–Trinajstić information content (AvgIpc) is 2.26. The molecule has 2 heteroatoms. The van der Waals surface area contributed by atoms with E-state index in [1.165, 1.54) is 0 Å². The third-order valence-corrected chi connectivity index (χ3v) is 1.69. The van der Waals surface area contributed by atoms with E-state index in [2.05, 4.69) is 0 Å². The molecule has 0 radical (unpaired) electrons. The first-order valence-corrected chi connectivity index (χ1v) is 5.11. The number of aryl methyl sites for hydroxylation is 1. The Bertz CT molecular complexity index is 327. The highest BCUT2D eigenvalue weighted by atomic mass is 16.5. The molecular formula is C13H18O2. The smallest absolute Gasteiger partial charge is 0.298 e. The van der Waals surface area contributed by atoms with Crippen LogP contribution in [0.2, 0.25) is 0 Å². The summed E-state index contributed by atoms with van der Waals surface area (Å²) in [4.78, 5) is 10.2. The SMILES string of the molecule is C/C=C\c1cc(C)ccc1OC=O.CC. The number of allylic oxidation sites excluding steroid dienone is 1. The quantitative estimate of drug-likeness (QED) is 0.706. The van der Waals surface area contributed by atoms with Gasteiger partial charge in [-0.05, 0) is 26.0 Å². The zero-order valence-corrected chi connectivity index (χ0v) is 9.78. The molecule has 0 saturated carbocycles. The maximum atomic E-state index is 10.2. The maximum absolute atomic E-state index is 10.2. The lowest BCUT2D eigenvalue weighted by Gasteiger charge is -2.03. The van der Waals surface area contributed by atoms with E-state index in [0.29, 0.717) is 12.2 Å². The molecule has 0 aromatic heterocycles. The van der Waals surface area contributed by atoms with Gasteiger partial charge in [0.25, 0.3) is 6.47 Å². The summed E-state index contributed by atoms with van der Waals surface area (Å²) in [5.41, 5.74) is 2.07. The third kappa shape index (κ3) is 4.45. The molecule has 15 heavy (non-hydrogen) atoms. The molecule has 1 aromatic carbocycles. The summed E-state index contributed by atoms with van der Waals surface area (Å²) in [7, 11) is 0. The molecule has 0 N–H and O–H groups in total. The molecule has 0 atom stereocenters. The van der Waals surface area contributed by atoms with Crippen molar-refractivity contribution in [1.29, 1.82) is 0 Å². The van der Waals surface area contributed by atoms with E-state index in [0.717, 1.165) is 11.1 Å². The molecule has 0 aliphatic carbocycles. The Labute approximate surface area is 91.6 Å². The van der Waals surface area contributed by atoms with E-state index in [1.807, 2.05) is 52.0 Å². The van der Waals surface area contributed by atoms with Crippen LogP contribution in [-0.4, -0.2) is 6.47 Å². The van der Waals surface area contributed by atoms with Crippen molar-refractivity contribution in [1.82, 2.24) is 0 Å². The van der Waals surface area contributed by atoms with Crippen molar-refractivity contribution < 1.29 is 9.53 Å². The highest BCUT2D eigenvalue weighted by Crippen LogP contribution is 2.20. The molecule has 0 spiro atoms. The third-order valence-electron chi connectivity index (χ3n) is 1.69. The van der Waals surface area contributed by atoms with Crippen LogP contribution in [0.4, 0.5) is 0 Å². The van der Waals surface area contributed by atoms with Crippen LogP contribution in [0, 0.1) is 6.92 Å². The largest absolute Gasteiger partial charge is 0.428 e. The van der Waals surface area contributed by atoms with Gasteiger partial charge in [0.15, 0.2) is 0 Å². The van der Waals surface area contributed by atoms with Crippen LogP contribution in [0.1, 0.15) is 31.9 Å². The molecule has 2 nitrogen and oxygen atoms in total. The van der Waals surface area contributed by atoms with Gasteiger partial charge in [0.05, 0.1) is 0 Å². The van der Waals surface area contributed by atoms with Crippen molar-refractivity contribution in [2.24, 2.45) is 0 Å². The molecule has 0 heterocycles. The summed E-state index contributed by atoms with van der Waals surface area (Å²) >= 11 is 0. The second kappa shape index (κ2) is 7.80. The molecule has 1 rings (SSSR count). The van der Waals surface area contributed by atoms with Gasteiger partial charge in [-0.2, -0.15) is 0 Å². The Morgan fingerprint density at radius 1 is 1.27 bits per heavy atom. The first-order chi connectivity index (χ1) is 7.27. The molecule has 1 aromatic rings. The summed E-state index contributed by atoms with van der Waals surface area (Å²) in [5, 5.41) is 0. The van der Waals surface area contributed by atoms with E-state index in [9.17, 15) is 4.79 Å². The van der Waals surface area contributed by atoms with Crippen LogP contribution in [0.25, 0.3) is 6.08 Å². The molecule has 0 amide bonds. The lowest BCUT2D eigenvalue weighted by atomic mass is 10.1. The Balaban J connectivity index is 0.000000921. The van der Waals surface area contributed by atoms with E-state index in [-0.39, 0.29) is 0 Å². The maximum Gasteiger partial charge on any atom is 0.298 e. The minimum Gasteiger partial charge on any atom is -0.428 e. The molecule has 82 valence electrons. The number of ether oxygens (including phenoxy) is 1. The number of hydrogen-bond acceptors (Lipinski definition) is 2. The van der Waals surface area contributed by atoms with E-state index in [1.54, 1.807) is 6.07 Å². The number of carbonyl (C=O) groups excluding carboxylic acids is 1. The first-order valence-electron chi connectivity index (χ1n) is 5.11. The fraction of sp³-hybridized carbons (Fsp3) is 0.308. The minimum absolute atomic E-state index is 0.442. The fourth-order valence-corrected chi connectivity index (χ4v) is 1.14. The summed E-state index contributed by atoms with van der Waals surface area (Å²) in [5.74, 6) is 0.596. The van der Waals surface area contributed by atoms with Gasteiger partial charge in [-0.1, -0.05) is 37.6 Å². The summed E-state index contributed by atoms with van der Waals surface area (Å²) < 4.78 is 4.81. The fourth-order valence-electron chi connectivity index (χ4n) is 1.14. The zero-order valence-electron chi connectivity index (χ0n) is 9.78. The normalized spacial score (nSPS) is 9.33. The summed E-state index contributed by atoms with van der Waals surface area (Å²) in [6.07, 6.45) is 3.82. The molecule has 0 saturated heterocycles. The Morgan fingerprint density at radius 2 is 1.93 bits per heavy atom. The van der Waals surface area contributed by atoms with Crippen molar-refractivity contribution in [3.63, 3.8) is 0 Å². The minimum atomic E-state index is 0.442. The van der Waals surface area contributed by atoms with Crippen LogP contribution < -0.4 is 4.74 Å². The number of hydrogen-bond donors (Lipinski definition) is 0. The lowest BCUT2D eigenvalue weighted by Crippen LogP contribution is -1.91. The van der Waals surface area contributed by atoms with Crippen LogP contribution >= 0.6 is 0 Å². The van der Waals surface area contributed by atoms with Gasteiger partial charge in [-0.15, -0.1) is 0 Å². The van der Waals surface area contributed by atoms with Crippen LogP contribution in [-0.2, 0) is 4.79 Å². The van der Waals surface area contributed by atoms with Gasteiger partial charge in [0.2, 0.25) is 0 Å². The van der Waals surface area contributed by atoms with Crippen LogP contribution in [0.5, 0.6) is 5.75 Å². The van der Waals surface area contributed by atoms with Crippen molar-refractivity contribution in [2.45, 2.75) is 27.7 Å². The zero-order chi connectivity index (χ0) is 11.7. The van der Waals surface area contributed by atoms with Crippen LogP contribution in [0.15, 0.2) is 24.3 Å². The molecule has 0 unspecified atom stereocenters. The standard InChI is InChI=1S/C11H12O2.C2H6/c1-3-4-10-7-9(2)5-6-11(10)13-8-12;1-2/h3-8H,1-2H3;1-2H3/b4-3-;. The Kier molecular flexibility index (Phi) is 6.98. The number of rotatable bonds is 3. The molecule has 0 bridgehead atoms. The summed E-state index contributed by atoms with van der Waals surface area (Å²) in [6, 6.07) is 5.67. The first kappa shape index (κ1) is 13.4. The van der Waals surface area contributed by atoms with Gasteiger partial charge in [-0.25, -0.2) is 0 Å². The Hall–Kier alpha value is -1.57. The van der Waals surface area contributed by atoms with Gasteiger partial charge < -0.3 is 4.74 Å². The van der Waals surface area contributed by atoms with Gasteiger partial charge in [0, 0.05) is 5.56 Å². The van der Waals surface area contributed by atoms with Crippen molar-refractivity contribution in [3.05, 3.63) is 35.4 Å². The number of carbonyl (C=O) groups is 1. The second-order valence-electron chi connectivity index (χ2n) is 2.76. The van der Waals surface area contributed by atoms with Gasteiger partial charge in [0.1, 0.15) is 5.75 Å². The molecular weight excluding hydrogens is 188 g/mol. The van der Waals surface area contributed by atoms with Crippen molar-refractivity contribution in [2.75, 3.05) is 0 Å². The second-order valence-corrected chi connectivity index (χ2v) is 2.76. The van der Waals surface area contributed by atoms with Crippen molar-refractivity contribution >= 4 is 12.5 Å². The summed E-state index contributed by atoms with van der Waals surface area (Å²) in [6.45, 7) is 8.36. The predicted molar refractivity (Wildman–Crippen MR) is 63.9 cm³/mol. The average molecular weight is 206 g/mol. The van der Waals surface area contributed by atoms with E-state index >= 15 is 0 Å². The molecule has 0 aliphatic rings.